The summed E-state index contributed by atoms with van der Waals surface area (Å²) in [5.74, 6) is 0.419. The number of carbonyl (C=O) groups excluding carboxylic acids is 1. The maximum atomic E-state index is 13.3. The molecule has 0 radical (unpaired) electrons. The van der Waals surface area contributed by atoms with Crippen molar-refractivity contribution < 1.29 is 9.18 Å². The fourth-order valence-corrected chi connectivity index (χ4v) is 3.85. The third-order valence-corrected chi connectivity index (χ3v) is 5.20. The normalized spacial score (nSPS) is 15.0. The number of amides is 1. The van der Waals surface area contributed by atoms with E-state index in [4.69, 9.17) is 0 Å². The largest absolute Gasteiger partial charge is 0.337 e. The van der Waals surface area contributed by atoms with Gasteiger partial charge in [-0.2, -0.15) is 0 Å². The maximum Gasteiger partial charge on any atom is 0.264 e. The van der Waals surface area contributed by atoms with Gasteiger partial charge < -0.3 is 9.80 Å². The zero-order valence-corrected chi connectivity index (χ0v) is 13.7. The lowest BCUT2D eigenvalue weighted by Gasteiger charge is -2.34. The van der Waals surface area contributed by atoms with Gasteiger partial charge in [-0.1, -0.05) is 0 Å². The van der Waals surface area contributed by atoms with Crippen LogP contribution in [0.4, 0.5) is 10.3 Å². The Labute approximate surface area is 142 Å². The van der Waals surface area contributed by atoms with Crippen LogP contribution in [0.5, 0.6) is 0 Å². The lowest BCUT2D eigenvalue weighted by Crippen LogP contribution is -2.49. The van der Waals surface area contributed by atoms with Gasteiger partial charge in [-0.3, -0.25) is 4.79 Å². The summed E-state index contributed by atoms with van der Waals surface area (Å²) in [5.41, 5.74) is 0. The Morgan fingerprint density at radius 2 is 1.83 bits per heavy atom. The minimum atomic E-state index is -0.282. The van der Waals surface area contributed by atoms with Crippen molar-refractivity contribution in [1.82, 2.24) is 14.9 Å². The molecule has 1 aromatic carbocycles. The molecule has 0 saturated carbocycles. The number of nitrogens with zero attached hydrogens (tertiary/aromatic N) is 4. The number of thiophene rings is 1. The van der Waals surface area contributed by atoms with Crippen molar-refractivity contribution in [3.05, 3.63) is 53.4 Å². The molecule has 1 fully saturated rings. The highest BCUT2D eigenvalue weighted by molar-refractivity contribution is 7.20. The Morgan fingerprint density at radius 1 is 1.08 bits per heavy atom. The molecule has 0 unspecified atom stereocenters. The first-order valence-electron chi connectivity index (χ1n) is 7.71. The van der Waals surface area contributed by atoms with Crippen molar-refractivity contribution in [2.24, 2.45) is 0 Å². The number of aromatic nitrogens is 2. The van der Waals surface area contributed by atoms with Gasteiger partial charge in [-0.05, 0) is 35.7 Å². The number of benzene rings is 1. The highest BCUT2D eigenvalue weighted by Gasteiger charge is 2.24. The van der Waals surface area contributed by atoms with Crippen molar-refractivity contribution in [1.29, 1.82) is 0 Å². The van der Waals surface area contributed by atoms with Gasteiger partial charge in [0, 0.05) is 43.3 Å². The third kappa shape index (κ3) is 2.82. The monoisotopic (exact) mass is 342 g/mol. The van der Waals surface area contributed by atoms with Crippen LogP contribution in [0.3, 0.4) is 0 Å². The van der Waals surface area contributed by atoms with Crippen molar-refractivity contribution in [3.63, 3.8) is 0 Å². The molecule has 3 aromatic rings. The van der Waals surface area contributed by atoms with Crippen molar-refractivity contribution in [2.45, 2.75) is 0 Å². The van der Waals surface area contributed by atoms with Gasteiger partial charge in [0.15, 0.2) is 0 Å². The second-order valence-electron chi connectivity index (χ2n) is 5.62. The lowest BCUT2D eigenvalue weighted by atomic mass is 10.2. The van der Waals surface area contributed by atoms with Gasteiger partial charge in [0.25, 0.3) is 5.91 Å². The predicted molar refractivity (Wildman–Crippen MR) is 91.9 cm³/mol. The summed E-state index contributed by atoms with van der Waals surface area (Å²) < 4.78 is 14.2. The van der Waals surface area contributed by atoms with Gasteiger partial charge in [-0.15, -0.1) is 11.3 Å². The Bertz CT molecular complexity index is 875. The van der Waals surface area contributed by atoms with Crippen LogP contribution in [0.25, 0.3) is 10.1 Å². The van der Waals surface area contributed by atoms with Crippen LogP contribution in [-0.2, 0) is 0 Å². The average molecular weight is 342 g/mol. The van der Waals surface area contributed by atoms with E-state index in [0.717, 1.165) is 10.1 Å². The average Bonchev–Trinajstić information content (AvgIpc) is 3.05. The van der Waals surface area contributed by atoms with E-state index in [1.54, 1.807) is 30.6 Å². The first kappa shape index (κ1) is 15.0. The maximum absolute atomic E-state index is 13.3. The molecule has 122 valence electrons. The molecule has 1 aliphatic rings. The van der Waals surface area contributed by atoms with E-state index in [-0.39, 0.29) is 11.7 Å². The fraction of sp³-hybridized carbons (Fsp3) is 0.235. The summed E-state index contributed by atoms with van der Waals surface area (Å²) in [5, 5.41) is 0.777. The molecule has 0 N–H and O–H groups in total. The van der Waals surface area contributed by atoms with Gasteiger partial charge in [0.2, 0.25) is 5.95 Å². The molecule has 1 saturated heterocycles. The molecular weight excluding hydrogens is 327 g/mol. The number of rotatable bonds is 2. The van der Waals surface area contributed by atoms with E-state index in [1.165, 1.54) is 23.5 Å². The van der Waals surface area contributed by atoms with Gasteiger partial charge >= 0.3 is 0 Å². The standard InChI is InChI=1S/C17H15FN4OS/c18-13-2-3-14-12(10-13)11-15(24-14)16(23)21-6-8-22(9-7-21)17-19-4-1-5-20-17/h1-5,10-11H,6-9H2. The van der Waals surface area contributed by atoms with Crippen molar-refractivity contribution in [3.8, 4) is 0 Å². The van der Waals surface area contributed by atoms with E-state index in [0.29, 0.717) is 37.0 Å². The Hall–Kier alpha value is -2.54. The third-order valence-electron chi connectivity index (χ3n) is 4.09. The predicted octanol–water partition coefficient (Wildman–Crippen LogP) is 2.79. The molecule has 0 spiro atoms. The Balaban J connectivity index is 1.47. The van der Waals surface area contributed by atoms with E-state index >= 15 is 0 Å². The molecule has 24 heavy (non-hydrogen) atoms. The number of anilines is 1. The van der Waals surface area contributed by atoms with Crippen LogP contribution in [0.1, 0.15) is 9.67 Å². The molecule has 1 aliphatic heterocycles. The number of halogens is 1. The van der Waals surface area contributed by atoms with Crippen LogP contribution in [0, 0.1) is 5.82 Å². The molecule has 3 heterocycles. The SMILES string of the molecule is O=C(c1cc2cc(F)ccc2s1)N1CCN(c2ncccn2)CC1. The Kier molecular flexibility index (Phi) is 3.86. The topological polar surface area (TPSA) is 49.3 Å². The first-order valence-corrected chi connectivity index (χ1v) is 8.53. The van der Waals surface area contributed by atoms with Crippen LogP contribution in [0.2, 0.25) is 0 Å². The van der Waals surface area contributed by atoms with E-state index in [2.05, 4.69) is 14.9 Å². The molecule has 0 atom stereocenters. The van der Waals surface area contributed by atoms with E-state index < -0.39 is 0 Å². The number of fused-ring (bicyclic) bond motifs is 1. The van der Waals surface area contributed by atoms with E-state index in [1.807, 2.05) is 4.90 Å². The summed E-state index contributed by atoms with van der Waals surface area (Å²) in [6.45, 7) is 2.66. The summed E-state index contributed by atoms with van der Waals surface area (Å²) in [6.07, 6.45) is 3.44. The fourth-order valence-electron chi connectivity index (χ4n) is 2.84. The van der Waals surface area contributed by atoms with Crippen LogP contribution < -0.4 is 4.90 Å². The van der Waals surface area contributed by atoms with Gasteiger partial charge in [0.1, 0.15) is 5.82 Å². The molecule has 5 nitrogen and oxygen atoms in total. The molecule has 0 bridgehead atoms. The zero-order valence-electron chi connectivity index (χ0n) is 12.9. The summed E-state index contributed by atoms with van der Waals surface area (Å²) in [7, 11) is 0. The number of piperazine rings is 1. The van der Waals surface area contributed by atoms with Gasteiger partial charge in [0.05, 0.1) is 4.88 Å². The molecular formula is C17H15FN4OS. The van der Waals surface area contributed by atoms with Crippen molar-refractivity contribution in [2.75, 3.05) is 31.1 Å². The number of hydrogen-bond acceptors (Lipinski definition) is 5. The number of carbonyl (C=O) groups is 1. The Morgan fingerprint density at radius 3 is 2.58 bits per heavy atom. The quantitative estimate of drug-likeness (QED) is 0.719. The zero-order chi connectivity index (χ0) is 16.5. The van der Waals surface area contributed by atoms with Gasteiger partial charge in [-0.25, -0.2) is 14.4 Å². The summed E-state index contributed by atoms with van der Waals surface area (Å²) in [4.78, 5) is 25.7. The summed E-state index contributed by atoms with van der Waals surface area (Å²) in [6, 6.07) is 8.17. The minimum absolute atomic E-state index is 0.00485. The molecule has 1 amide bonds. The van der Waals surface area contributed by atoms with Crippen LogP contribution in [0.15, 0.2) is 42.7 Å². The summed E-state index contributed by atoms with van der Waals surface area (Å²) >= 11 is 1.41. The second-order valence-corrected chi connectivity index (χ2v) is 6.70. The highest BCUT2D eigenvalue weighted by atomic mass is 32.1. The highest BCUT2D eigenvalue weighted by Crippen LogP contribution is 2.27. The van der Waals surface area contributed by atoms with E-state index in [9.17, 15) is 9.18 Å². The molecule has 7 heteroatoms. The first-order chi connectivity index (χ1) is 11.7. The minimum Gasteiger partial charge on any atom is -0.337 e. The number of hydrogen-bond donors (Lipinski definition) is 0. The van der Waals surface area contributed by atoms with Crippen molar-refractivity contribution >= 4 is 33.3 Å². The smallest absolute Gasteiger partial charge is 0.264 e. The molecule has 2 aromatic heterocycles. The molecule has 4 rings (SSSR count). The molecule has 0 aliphatic carbocycles. The second kappa shape index (κ2) is 6.16. The lowest BCUT2D eigenvalue weighted by molar-refractivity contribution is 0.0751. The van der Waals surface area contributed by atoms with Crippen LogP contribution in [-0.4, -0.2) is 47.0 Å². The van der Waals surface area contributed by atoms with Crippen LogP contribution >= 0.6 is 11.3 Å².